The molecule has 0 spiro atoms. The van der Waals surface area contributed by atoms with Crippen molar-refractivity contribution in [2.24, 2.45) is 5.92 Å². The highest BCUT2D eigenvalue weighted by atomic mass is 16.5. The maximum Gasteiger partial charge on any atom is 0.152 e. The number of ether oxygens (including phenoxy) is 1. The monoisotopic (exact) mass is 515 g/mol. The summed E-state index contributed by atoms with van der Waals surface area (Å²) in [6, 6.07) is 4.91. The van der Waals surface area contributed by atoms with Crippen molar-refractivity contribution in [3.8, 4) is 11.4 Å². The van der Waals surface area contributed by atoms with Crippen LogP contribution in [-0.4, -0.2) is 81.9 Å². The first kappa shape index (κ1) is 24.0. The maximum atomic E-state index is 5.69. The Hall–Kier alpha value is -3.11. The van der Waals surface area contributed by atoms with E-state index < -0.39 is 5.54 Å². The van der Waals surface area contributed by atoms with Crippen LogP contribution >= 0.6 is 0 Å². The second-order valence-corrected chi connectivity index (χ2v) is 11.4. The smallest absolute Gasteiger partial charge is 0.152 e. The minimum Gasteiger partial charge on any atom is -0.375 e. The van der Waals surface area contributed by atoms with Gasteiger partial charge in [-0.2, -0.15) is 0 Å². The molecule has 6 heterocycles. The molecule has 0 radical (unpaired) electrons. The third-order valence-corrected chi connectivity index (χ3v) is 8.86. The summed E-state index contributed by atoms with van der Waals surface area (Å²) in [6.07, 6.45) is 16.6. The molecule has 0 unspecified atom stereocenters. The van der Waals surface area contributed by atoms with Gasteiger partial charge < -0.3 is 19.9 Å². The van der Waals surface area contributed by atoms with Crippen LogP contribution in [0.25, 0.3) is 11.4 Å². The zero-order valence-electron chi connectivity index (χ0n) is 22.0. The molecule has 1 atom stereocenters. The minimum atomic E-state index is -0.446. The van der Waals surface area contributed by atoms with Gasteiger partial charge in [-0.05, 0) is 63.1 Å². The second-order valence-electron chi connectivity index (χ2n) is 11.4. The molecule has 0 amide bonds. The normalized spacial score (nSPS) is 23.3. The van der Waals surface area contributed by atoms with Crippen LogP contribution in [-0.2, 0) is 10.3 Å². The van der Waals surface area contributed by atoms with Gasteiger partial charge in [0.15, 0.2) is 5.54 Å². The van der Waals surface area contributed by atoms with Crippen LogP contribution in [0.3, 0.4) is 0 Å². The van der Waals surface area contributed by atoms with Crippen LogP contribution < -0.4 is 15.1 Å². The Morgan fingerprint density at radius 1 is 0.921 bits per heavy atom. The van der Waals surface area contributed by atoms with Gasteiger partial charge in [-0.3, -0.25) is 9.97 Å². The number of piperidine rings is 1. The number of hydrogen-bond donors (Lipinski definition) is 1. The van der Waals surface area contributed by atoms with E-state index in [1.807, 2.05) is 23.3 Å². The first-order valence-corrected chi connectivity index (χ1v) is 14.3. The molecule has 10 nitrogen and oxygen atoms in total. The van der Waals surface area contributed by atoms with Crippen molar-refractivity contribution < 1.29 is 4.74 Å². The number of nitrogens with zero attached hydrogens (tertiary/aromatic N) is 8. The molecular formula is C28H37N9O. The van der Waals surface area contributed by atoms with Crippen LogP contribution in [0.4, 0.5) is 11.5 Å². The Bertz CT molecular complexity index is 1230. The molecule has 4 aliphatic rings. The average Bonchev–Trinajstić information content (AvgIpc) is 3.62. The van der Waals surface area contributed by atoms with Gasteiger partial charge in [-0.1, -0.05) is 11.6 Å². The molecule has 7 rings (SSSR count). The summed E-state index contributed by atoms with van der Waals surface area (Å²) in [5, 5.41) is 12.8. The summed E-state index contributed by atoms with van der Waals surface area (Å²) < 4.78 is 7.59. The van der Waals surface area contributed by atoms with E-state index in [4.69, 9.17) is 14.7 Å². The van der Waals surface area contributed by atoms with Gasteiger partial charge in [0.2, 0.25) is 0 Å². The van der Waals surface area contributed by atoms with E-state index in [0.717, 1.165) is 55.0 Å². The van der Waals surface area contributed by atoms with E-state index in [-0.39, 0.29) is 0 Å². The summed E-state index contributed by atoms with van der Waals surface area (Å²) in [4.78, 5) is 18.9. The van der Waals surface area contributed by atoms with Crippen molar-refractivity contribution >= 4 is 11.5 Å². The van der Waals surface area contributed by atoms with E-state index in [9.17, 15) is 0 Å². The fourth-order valence-electron chi connectivity index (χ4n) is 6.12. The molecule has 3 aromatic heterocycles. The summed E-state index contributed by atoms with van der Waals surface area (Å²) in [5.41, 5.74) is 3.16. The van der Waals surface area contributed by atoms with Gasteiger partial charge in [-0.15, -0.1) is 5.10 Å². The van der Waals surface area contributed by atoms with Crippen molar-refractivity contribution in [3.05, 3.63) is 42.6 Å². The highest BCUT2D eigenvalue weighted by Crippen LogP contribution is 2.34. The maximum absolute atomic E-state index is 5.69. The van der Waals surface area contributed by atoms with E-state index in [1.165, 1.54) is 57.2 Å². The highest BCUT2D eigenvalue weighted by Gasteiger charge is 2.45. The fourth-order valence-corrected chi connectivity index (χ4v) is 6.12. The summed E-state index contributed by atoms with van der Waals surface area (Å²) in [7, 11) is 0. The summed E-state index contributed by atoms with van der Waals surface area (Å²) in [6.45, 7) is 6.42. The van der Waals surface area contributed by atoms with Crippen molar-refractivity contribution in [2.75, 3.05) is 55.7 Å². The van der Waals surface area contributed by atoms with Gasteiger partial charge in [0.05, 0.1) is 49.4 Å². The van der Waals surface area contributed by atoms with E-state index >= 15 is 0 Å². The molecule has 1 N–H and O–H groups in total. The lowest BCUT2D eigenvalue weighted by molar-refractivity contribution is -0.0851. The number of anilines is 2. The molecule has 3 aliphatic heterocycles. The predicted molar refractivity (Wildman–Crippen MR) is 145 cm³/mol. The number of nitrogens with one attached hydrogen (secondary N) is 1. The third kappa shape index (κ3) is 4.53. The zero-order valence-corrected chi connectivity index (χ0v) is 22.0. The van der Waals surface area contributed by atoms with Crippen LogP contribution in [0.5, 0.6) is 0 Å². The first-order valence-electron chi connectivity index (χ1n) is 14.3. The third-order valence-electron chi connectivity index (χ3n) is 8.86. The molecule has 4 fully saturated rings. The van der Waals surface area contributed by atoms with Crippen LogP contribution in [0.1, 0.15) is 50.6 Å². The number of hydrogen-bond acceptors (Lipinski definition) is 9. The number of rotatable bonds is 8. The highest BCUT2D eigenvalue weighted by molar-refractivity contribution is 5.55. The van der Waals surface area contributed by atoms with E-state index in [2.05, 4.69) is 42.5 Å². The minimum absolute atomic E-state index is 0.446. The summed E-state index contributed by atoms with van der Waals surface area (Å²) in [5.74, 6) is 1.80. The number of aromatic nitrogens is 6. The lowest BCUT2D eigenvalue weighted by Crippen LogP contribution is -2.53. The Morgan fingerprint density at radius 3 is 2.53 bits per heavy atom. The molecule has 1 saturated carbocycles. The lowest BCUT2D eigenvalue weighted by atomic mass is 9.85. The van der Waals surface area contributed by atoms with Gasteiger partial charge in [0.25, 0.3) is 0 Å². The SMILES string of the molecule is c1cc(C2(n3cc(-c4cncc(N5CCCC5)n4)nn3)COC2)ncc1N1CCC[C@H](NCC2CCC2)C1. The Kier molecular flexibility index (Phi) is 6.45. The van der Waals surface area contributed by atoms with Gasteiger partial charge >= 0.3 is 0 Å². The molecule has 10 heteroatoms. The molecule has 38 heavy (non-hydrogen) atoms. The number of pyridine rings is 1. The van der Waals surface area contributed by atoms with E-state index in [1.54, 1.807) is 6.20 Å². The van der Waals surface area contributed by atoms with Gasteiger partial charge in [0, 0.05) is 32.2 Å². The van der Waals surface area contributed by atoms with E-state index in [0.29, 0.717) is 19.3 Å². The van der Waals surface area contributed by atoms with Gasteiger partial charge in [0.1, 0.15) is 17.2 Å². The van der Waals surface area contributed by atoms with Crippen LogP contribution in [0.2, 0.25) is 0 Å². The Labute approximate surface area is 223 Å². The van der Waals surface area contributed by atoms with Crippen LogP contribution in [0.15, 0.2) is 36.9 Å². The van der Waals surface area contributed by atoms with Crippen molar-refractivity contribution in [1.29, 1.82) is 0 Å². The predicted octanol–water partition coefficient (Wildman–Crippen LogP) is 2.86. The topological polar surface area (TPSA) is 97.1 Å². The molecule has 0 bridgehead atoms. The molecule has 3 aromatic rings. The van der Waals surface area contributed by atoms with Crippen molar-refractivity contribution in [2.45, 2.75) is 56.5 Å². The summed E-state index contributed by atoms with van der Waals surface area (Å²) >= 11 is 0. The van der Waals surface area contributed by atoms with Crippen LogP contribution in [0, 0.1) is 5.92 Å². The molecule has 0 aromatic carbocycles. The lowest BCUT2D eigenvalue weighted by Gasteiger charge is -2.41. The zero-order chi connectivity index (χ0) is 25.4. The quantitative estimate of drug-likeness (QED) is 0.486. The van der Waals surface area contributed by atoms with Crippen molar-refractivity contribution in [3.63, 3.8) is 0 Å². The van der Waals surface area contributed by atoms with Crippen molar-refractivity contribution in [1.82, 2.24) is 35.3 Å². The standard InChI is InChI=1S/C28H37N9O/c1-2-11-35(10-1)27-16-29-15-24(32-27)25-18-37(34-33-25)28(19-38-20-28)26-9-8-23(14-31-26)36-12-4-7-22(17-36)30-13-21-5-3-6-21/h8-9,14-16,18,21-22,30H,1-7,10-13,17,19-20H2/t22-/m0/s1. The van der Waals surface area contributed by atoms with Gasteiger partial charge in [-0.25, -0.2) is 9.67 Å². The molecular weight excluding hydrogens is 478 g/mol. The fraction of sp³-hybridized carbons (Fsp3) is 0.607. The Balaban J connectivity index is 1.06. The molecule has 3 saturated heterocycles. The second kappa shape index (κ2) is 10.2. The molecule has 1 aliphatic carbocycles. The Morgan fingerprint density at radius 2 is 1.79 bits per heavy atom. The first-order chi connectivity index (χ1) is 18.8. The average molecular weight is 516 g/mol. The molecule has 200 valence electrons. The largest absolute Gasteiger partial charge is 0.375 e.